The van der Waals surface area contributed by atoms with Crippen molar-refractivity contribution in [3.63, 3.8) is 0 Å². The lowest BCUT2D eigenvalue weighted by Crippen LogP contribution is -2.05. The highest BCUT2D eigenvalue weighted by Gasteiger charge is 2.08. The number of benzene rings is 2. The van der Waals surface area contributed by atoms with Crippen LogP contribution in [0.3, 0.4) is 0 Å². The van der Waals surface area contributed by atoms with E-state index in [2.05, 4.69) is 11.2 Å². The molecule has 0 saturated heterocycles. The quantitative estimate of drug-likeness (QED) is 0.796. The van der Waals surface area contributed by atoms with E-state index < -0.39 is 0 Å². The summed E-state index contributed by atoms with van der Waals surface area (Å²) >= 11 is 0. The molecule has 21 heavy (non-hydrogen) atoms. The van der Waals surface area contributed by atoms with E-state index in [0.29, 0.717) is 12.4 Å². The van der Waals surface area contributed by atoms with Crippen LogP contribution < -0.4 is 5.73 Å². The van der Waals surface area contributed by atoms with Gasteiger partial charge in [-0.25, -0.2) is 9.07 Å². The van der Waals surface area contributed by atoms with Gasteiger partial charge in [-0.2, -0.15) is 5.10 Å². The fourth-order valence-electron chi connectivity index (χ4n) is 2.27. The zero-order valence-corrected chi connectivity index (χ0v) is 11.8. The highest BCUT2D eigenvalue weighted by Crippen LogP contribution is 2.22. The minimum absolute atomic E-state index is 0.243. The molecule has 4 heteroatoms. The highest BCUT2D eigenvalue weighted by atomic mass is 19.1. The third-order valence-corrected chi connectivity index (χ3v) is 3.37. The summed E-state index contributed by atoms with van der Waals surface area (Å²) < 4.78 is 14.6. The van der Waals surface area contributed by atoms with Crippen molar-refractivity contribution in [1.82, 2.24) is 9.78 Å². The van der Waals surface area contributed by atoms with Crippen LogP contribution in [-0.2, 0) is 6.54 Å². The van der Waals surface area contributed by atoms with Crippen LogP contribution in [0.2, 0.25) is 0 Å². The molecule has 0 radical (unpaired) electrons. The maximum atomic E-state index is 12.9. The molecular weight excluding hydrogens is 265 g/mol. The zero-order chi connectivity index (χ0) is 14.8. The van der Waals surface area contributed by atoms with Crippen LogP contribution in [-0.4, -0.2) is 9.78 Å². The van der Waals surface area contributed by atoms with Gasteiger partial charge in [0.15, 0.2) is 0 Å². The summed E-state index contributed by atoms with van der Waals surface area (Å²) in [5.41, 5.74) is 10.0. The lowest BCUT2D eigenvalue weighted by Gasteiger charge is -2.04. The van der Waals surface area contributed by atoms with Crippen LogP contribution in [0.5, 0.6) is 0 Å². The molecule has 0 aliphatic heterocycles. The van der Waals surface area contributed by atoms with E-state index in [1.165, 1.54) is 17.7 Å². The molecule has 0 amide bonds. The van der Waals surface area contributed by atoms with Crippen molar-refractivity contribution in [2.45, 2.75) is 13.5 Å². The van der Waals surface area contributed by atoms with Crippen molar-refractivity contribution in [1.29, 1.82) is 0 Å². The Morgan fingerprint density at radius 1 is 1.10 bits per heavy atom. The largest absolute Gasteiger partial charge is 0.384 e. The number of nitrogen functional groups attached to an aromatic ring is 1. The number of halogens is 1. The summed E-state index contributed by atoms with van der Waals surface area (Å²) in [7, 11) is 0. The normalized spacial score (nSPS) is 10.8. The molecule has 0 bridgehead atoms. The SMILES string of the molecule is Cc1cccc(-c2cc(N)n(Cc3ccc(F)cc3)n2)c1. The van der Waals surface area contributed by atoms with Gasteiger partial charge in [-0.05, 0) is 30.7 Å². The fraction of sp³-hybridized carbons (Fsp3) is 0.118. The second kappa shape index (κ2) is 5.40. The lowest BCUT2D eigenvalue weighted by molar-refractivity contribution is 0.625. The summed E-state index contributed by atoms with van der Waals surface area (Å²) in [4.78, 5) is 0. The van der Waals surface area contributed by atoms with Crippen molar-refractivity contribution in [3.8, 4) is 11.3 Å². The Balaban J connectivity index is 1.89. The van der Waals surface area contributed by atoms with E-state index >= 15 is 0 Å². The Hall–Kier alpha value is -2.62. The van der Waals surface area contributed by atoms with E-state index in [1.54, 1.807) is 16.8 Å². The monoisotopic (exact) mass is 281 g/mol. The van der Waals surface area contributed by atoms with Gasteiger partial charge in [-0.15, -0.1) is 0 Å². The zero-order valence-electron chi connectivity index (χ0n) is 11.8. The van der Waals surface area contributed by atoms with Gasteiger partial charge in [-0.1, -0.05) is 35.9 Å². The maximum absolute atomic E-state index is 12.9. The Morgan fingerprint density at radius 3 is 2.57 bits per heavy atom. The molecule has 1 heterocycles. The van der Waals surface area contributed by atoms with Gasteiger partial charge < -0.3 is 5.73 Å². The van der Waals surface area contributed by atoms with E-state index in [9.17, 15) is 4.39 Å². The minimum Gasteiger partial charge on any atom is -0.384 e. The standard InChI is InChI=1S/C17H16FN3/c1-12-3-2-4-14(9-12)16-10-17(19)21(20-16)11-13-5-7-15(18)8-6-13/h2-10H,11,19H2,1H3. The Bertz CT molecular complexity index is 760. The number of anilines is 1. The fourth-order valence-corrected chi connectivity index (χ4v) is 2.27. The van der Waals surface area contributed by atoms with E-state index in [4.69, 9.17) is 5.73 Å². The van der Waals surface area contributed by atoms with E-state index in [1.807, 2.05) is 31.2 Å². The molecule has 106 valence electrons. The predicted molar refractivity (Wildman–Crippen MR) is 82.3 cm³/mol. The second-order valence-corrected chi connectivity index (χ2v) is 5.11. The number of rotatable bonds is 3. The maximum Gasteiger partial charge on any atom is 0.123 e. The first-order valence-electron chi connectivity index (χ1n) is 6.76. The topological polar surface area (TPSA) is 43.8 Å². The number of hydrogen-bond acceptors (Lipinski definition) is 2. The van der Waals surface area contributed by atoms with Gasteiger partial charge in [0, 0.05) is 11.6 Å². The molecule has 0 saturated carbocycles. The van der Waals surface area contributed by atoms with Crippen molar-refractivity contribution in [3.05, 3.63) is 71.5 Å². The summed E-state index contributed by atoms with van der Waals surface area (Å²) in [6, 6.07) is 16.3. The highest BCUT2D eigenvalue weighted by molar-refractivity contribution is 5.63. The smallest absolute Gasteiger partial charge is 0.123 e. The van der Waals surface area contributed by atoms with E-state index in [-0.39, 0.29) is 5.82 Å². The molecule has 3 aromatic rings. The van der Waals surface area contributed by atoms with Gasteiger partial charge in [0.1, 0.15) is 11.6 Å². The number of aryl methyl sites for hydroxylation is 1. The van der Waals surface area contributed by atoms with Gasteiger partial charge in [0.05, 0.1) is 12.2 Å². The van der Waals surface area contributed by atoms with Crippen LogP contribution in [0.25, 0.3) is 11.3 Å². The first-order chi connectivity index (χ1) is 10.1. The molecule has 3 nitrogen and oxygen atoms in total. The minimum atomic E-state index is -0.243. The third-order valence-electron chi connectivity index (χ3n) is 3.37. The molecule has 2 aromatic carbocycles. The van der Waals surface area contributed by atoms with Crippen molar-refractivity contribution >= 4 is 5.82 Å². The van der Waals surface area contributed by atoms with Crippen molar-refractivity contribution in [2.75, 3.05) is 5.73 Å². The molecule has 3 rings (SSSR count). The number of nitrogens with zero attached hydrogens (tertiary/aromatic N) is 2. The van der Waals surface area contributed by atoms with Crippen LogP contribution in [0, 0.1) is 12.7 Å². The lowest BCUT2D eigenvalue weighted by atomic mass is 10.1. The first-order valence-corrected chi connectivity index (χ1v) is 6.76. The van der Waals surface area contributed by atoms with Crippen LogP contribution >= 0.6 is 0 Å². The number of aromatic nitrogens is 2. The molecule has 0 atom stereocenters. The second-order valence-electron chi connectivity index (χ2n) is 5.11. The molecule has 0 unspecified atom stereocenters. The molecule has 0 fully saturated rings. The van der Waals surface area contributed by atoms with Crippen molar-refractivity contribution < 1.29 is 4.39 Å². The predicted octanol–water partition coefficient (Wildman–Crippen LogP) is 3.63. The third kappa shape index (κ3) is 2.94. The molecular formula is C17H16FN3. The van der Waals surface area contributed by atoms with E-state index in [0.717, 1.165) is 16.8 Å². The summed E-state index contributed by atoms with van der Waals surface area (Å²) in [5, 5.41) is 4.54. The van der Waals surface area contributed by atoms with Crippen LogP contribution in [0.1, 0.15) is 11.1 Å². The average Bonchev–Trinajstić information content (AvgIpc) is 2.83. The Morgan fingerprint density at radius 2 is 1.86 bits per heavy atom. The molecule has 0 spiro atoms. The first kappa shape index (κ1) is 13.4. The van der Waals surface area contributed by atoms with Gasteiger partial charge in [-0.3, -0.25) is 0 Å². The molecule has 1 aromatic heterocycles. The Labute approximate surface area is 122 Å². The molecule has 2 N–H and O–H groups in total. The molecule has 0 aliphatic rings. The number of nitrogens with two attached hydrogens (primary N) is 1. The summed E-state index contributed by atoms with van der Waals surface area (Å²) in [6.07, 6.45) is 0. The summed E-state index contributed by atoms with van der Waals surface area (Å²) in [5.74, 6) is 0.350. The van der Waals surface area contributed by atoms with Crippen LogP contribution in [0.4, 0.5) is 10.2 Å². The Kier molecular flexibility index (Phi) is 3.44. The van der Waals surface area contributed by atoms with Gasteiger partial charge >= 0.3 is 0 Å². The van der Waals surface area contributed by atoms with Gasteiger partial charge in [0.25, 0.3) is 0 Å². The summed E-state index contributed by atoms with van der Waals surface area (Å²) in [6.45, 7) is 2.57. The molecule has 0 aliphatic carbocycles. The van der Waals surface area contributed by atoms with Crippen molar-refractivity contribution in [2.24, 2.45) is 0 Å². The van der Waals surface area contributed by atoms with Gasteiger partial charge in [0.2, 0.25) is 0 Å². The van der Waals surface area contributed by atoms with Crippen LogP contribution in [0.15, 0.2) is 54.6 Å². The number of hydrogen-bond donors (Lipinski definition) is 1. The average molecular weight is 281 g/mol.